The fourth-order valence-electron chi connectivity index (χ4n) is 5.21. The highest BCUT2D eigenvalue weighted by Crippen LogP contribution is 2.44. The first-order valence-corrected chi connectivity index (χ1v) is 14.0. The maximum Gasteiger partial charge on any atom is 0.414 e. The number of carbonyl (C=O) groups excluding carboxylic acids is 3. The van der Waals surface area contributed by atoms with E-state index in [2.05, 4.69) is 5.32 Å². The molecule has 42 heavy (non-hydrogen) atoms. The van der Waals surface area contributed by atoms with Crippen LogP contribution in [-0.2, 0) is 25.5 Å². The molecule has 3 aliphatic heterocycles. The van der Waals surface area contributed by atoms with Crippen molar-refractivity contribution in [1.29, 1.82) is 0 Å². The SMILES string of the molecule is CCN1CCN(CCC(=O)N2CCC(NC(=O)c3cc(Cl)c(N)c4c3OC(C)(C)C4)C(OC)C2)C1=O.O=C(O)C(=O)O. The molecule has 4 rings (SSSR count). The second kappa shape index (κ2) is 13.5. The first-order chi connectivity index (χ1) is 19.7. The van der Waals surface area contributed by atoms with E-state index in [0.29, 0.717) is 74.1 Å². The number of fused-ring (bicyclic) bond motifs is 1. The standard InChI is InChI=1S/C25H36ClN5O5.C2H2O4/c1-5-29-10-11-30(24(29)34)9-7-20(32)31-8-6-18(19(14-31)35-4)28-23(33)15-12-17(26)21(27)16-13-25(2,3)36-22(15)16;3-1(4)2(5)6/h12,18-19H,5-11,13-14,27H2,1-4H3,(H,28,33);(H,3,4)(H,5,6). The zero-order valence-corrected chi connectivity index (χ0v) is 24.9. The molecule has 5 N–H and O–H groups in total. The number of rotatable bonds is 7. The number of nitrogens with two attached hydrogens (primary N) is 1. The molecule has 2 fully saturated rings. The second-order valence-electron chi connectivity index (χ2n) is 10.9. The number of urea groups is 1. The molecular formula is C27H38ClN5O9. The smallest absolute Gasteiger partial charge is 0.414 e. The van der Waals surface area contributed by atoms with E-state index in [9.17, 15) is 14.4 Å². The Balaban J connectivity index is 0.000000730. The number of benzene rings is 1. The van der Waals surface area contributed by atoms with Crippen molar-refractivity contribution in [2.45, 2.75) is 57.8 Å². The quantitative estimate of drug-likeness (QED) is 0.258. The second-order valence-corrected chi connectivity index (χ2v) is 11.3. The molecule has 4 amide bonds. The van der Waals surface area contributed by atoms with Gasteiger partial charge in [-0.25, -0.2) is 14.4 Å². The molecule has 2 unspecified atom stereocenters. The van der Waals surface area contributed by atoms with E-state index in [1.807, 2.05) is 20.8 Å². The van der Waals surface area contributed by atoms with Gasteiger partial charge in [0.1, 0.15) is 11.4 Å². The minimum absolute atomic E-state index is 0.0110. The van der Waals surface area contributed by atoms with Crippen LogP contribution in [0.2, 0.25) is 5.02 Å². The summed E-state index contributed by atoms with van der Waals surface area (Å²) >= 11 is 6.33. The molecule has 3 heterocycles. The minimum atomic E-state index is -1.82. The number of carboxylic acids is 2. The maximum atomic E-state index is 13.3. The molecular weight excluding hydrogens is 574 g/mol. The Hall–Kier alpha value is -3.78. The third-order valence-corrected chi connectivity index (χ3v) is 7.78. The van der Waals surface area contributed by atoms with Gasteiger partial charge in [-0.1, -0.05) is 11.6 Å². The van der Waals surface area contributed by atoms with Crippen LogP contribution in [0, 0.1) is 0 Å². The highest BCUT2D eigenvalue weighted by Gasteiger charge is 2.38. The lowest BCUT2D eigenvalue weighted by molar-refractivity contribution is -0.159. The molecule has 0 aliphatic carbocycles. The van der Waals surface area contributed by atoms with Crippen LogP contribution in [0.5, 0.6) is 5.75 Å². The van der Waals surface area contributed by atoms with Crippen molar-refractivity contribution in [2.75, 3.05) is 52.1 Å². The topological polar surface area (TPSA) is 192 Å². The van der Waals surface area contributed by atoms with Gasteiger partial charge < -0.3 is 45.4 Å². The lowest BCUT2D eigenvalue weighted by Crippen LogP contribution is -2.56. The van der Waals surface area contributed by atoms with Gasteiger partial charge in [0.25, 0.3) is 5.91 Å². The first kappa shape index (κ1) is 32.7. The number of carboxylic acid groups (broad SMARTS) is 2. The molecule has 0 bridgehead atoms. The average Bonchev–Trinajstić information content (AvgIpc) is 3.47. The predicted molar refractivity (Wildman–Crippen MR) is 152 cm³/mol. The Bertz CT molecular complexity index is 1230. The highest BCUT2D eigenvalue weighted by molar-refractivity contribution is 6.34. The number of carbonyl (C=O) groups is 5. The molecule has 0 radical (unpaired) electrons. The molecule has 0 saturated carbocycles. The van der Waals surface area contributed by atoms with Gasteiger partial charge >= 0.3 is 18.0 Å². The molecule has 1 aromatic rings. The number of ether oxygens (including phenoxy) is 2. The summed E-state index contributed by atoms with van der Waals surface area (Å²) in [6.07, 6.45) is 1.00. The van der Waals surface area contributed by atoms with Crippen LogP contribution in [0.15, 0.2) is 6.07 Å². The fourth-order valence-corrected chi connectivity index (χ4v) is 5.44. The summed E-state index contributed by atoms with van der Waals surface area (Å²) in [6.45, 7) is 9.10. The van der Waals surface area contributed by atoms with Crippen LogP contribution in [0.4, 0.5) is 10.5 Å². The number of nitrogens with one attached hydrogen (secondary N) is 1. The number of likely N-dealkylation sites (tertiary alicyclic amines) is 1. The van der Waals surface area contributed by atoms with E-state index in [1.54, 1.807) is 27.9 Å². The number of amides is 4. The zero-order chi connectivity index (χ0) is 31.4. The Morgan fingerprint density at radius 2 is 1.81 bits per heavy atom. The largest absolute Gasteiger partial charge is 0.486 e. The number of nitrogen functional groups attached to an aromatic ring is 1. The maximum absolute atomic E-state index is 13.3. The molecule has 14 nitrogen and oxygen atoms in total. The van der Waals surface area contributed by atoms with Crippen molar-refractivity contribution in [3.05, 3.63) is 22.2 Å². The van der Waals surface area contributed by atoms with E-state index in [0.717, 1.165) is 5.56 Å². The first-order valence-electron chi connectivity index (χ1n) is 13.6. The molecule has 3 aliphatic rings. The van der Waals surface area contributed by atoms with Crippen molar-refractivity contribution < 1.29 is 43.7 Å². The highest BCUT2D eigenvalue weighted by atomic mass is 35.5. The van der Waals surface area contributed by atoms with Crippen molar-refractivity contribution in [3.8, 4) is 5.75 Å². The van der Waals surface area contributed by atoms with Gasteiger partial charge in [-0.3, -0.25) is 9.59 Å². The van der Waals surface area contributed by atoms with Crippen LogP contribution in [0.25, 0.3) is 0 Å². The normalized spacial score (nSPS) is 20.8. The van der Waals surface area contributed by atoms with E-state index < -0.39 is 17.5 Å². The van der Waals surface area contributed by atoms with Crippen LogP contribution in [0.3, 0.4) is 0 Å². The van der Waals surface area contributed by atoms with Gasteiger partial charge in [-0.05, 0) is 33.3 Å². The van der Waals surface area contributed by atoms with Crippen LogP contribution >= 0.6 is 11.6 Å². The lowest BCUT2D eigenvalue weighted by atomic mass is 9.97. The van der Waals surface area contributed by atoms with Crippen molar-refractivity contribution in [2.24, 2.45) is 0 Å². The van der Waals surface area contributed by atoms with Crippen molar-refractivity contribution >= 4 is 47.1 Å². The summed E-state index contributed by atoms with van der Waals surface area (Å²) in [4.78, 5) is 61.9. The molecule has 15 heteroatoms. The van der Waals surface area contributed by atoms with Gasteiger partial charge in [0.2, 0.25) is 5.91 Å². The molecule has 2 saturated heterocycles. The summed E-state index contributed by atoms with van der Waals surface area (Å²) in [7, 11) is 1.57. The number of hydrogen-bond donors (Lipinski definition) is 4. The molecule has 1 aromatic carbocycles. The van der Waals surface area contributed by atoms with Crippen molar-refractivity contribution in [3.63, 3.8) is 0 Å². The van der Waals surface area contributed by atoms with Crippen LogP contribution in [-0.4, -0.2) is 119 Å². The Kier molecular flexibility index (Phi) is 10.5. The zero-order valence-electron chi connectivity index (χ0n) is 24.1. The molecule has 0 spiro atoms. The van der Waals surface area contributed by atoms with E-state index in [1.165, 1.54) is 0 Å². The lowest BCUT2D eigenvalue weighted by Gasteiger charge is -2.38. The van der Waals surface area contributed by atoms with Gasteiger partial charge in [0.15, 0.2) is 0 Å². The van der Waals surface area contributed by atoms with Gasteiger partial charge in [0, 0.05) is 64.8 Å². The number of piperidine rings is 1. The summed E-state index contributed by atoms with van der Waals surface area (Å²) in [5.74, 6) is -3.52. The summed E-state index contributed by atoms with van der Waals surface area (Å²) in [6, 6.07) is 1.25. The fraction of sp³-hybridized carbons (Fsp3) is 0.593. The number of halogens is 1. The van der Waals surface area contributed by atoms with E-state index >= 15 is 0 Å². The molecule has 232 valence electrons. The molecule has 0 aromatic heterocycles. The number of methoxy groups -OCH3 is 1. The van der Waals surface area contributed by atoms with E-state index in [4.69, 9.17) is 46.6 Å². The van der Waals surface area contributed by atoms with Crippen LogP contribution < -0.4 is 15.8 Å². The number of nitrogens with zero attached hydrogens (tertiary/aromatic N) is 3. The number of likely N-dealkylation sites (N-methyl/N-ethyl adjacent to an activating group) is 1. The van der Waals surface area contributed by atoms with Crippen LogP contribution in [0.1, 0.15) is 49.5 Å². The Morgan fingerprint density at radius 3 is 2.38 bits per heavy atom. The summed E-state index contributed by atoms with van der Waals surface area (Å²) in [5, 5.41) is 18.2. The number of anilines is 1. The summed E-state index contributed by atoms with van der Waals surface area (Å²) < 4.78 is 11.7. The number of hydrogen-bond acceptors (Lipinski definition) is 8. The monoisotopic (exact) mass is 611 g/mol. The molecule has 2 atom stereocenters. The van der Waals surface area contributed by atoms with E-state index in [-0.39, 0.29) is 36.4 Å². The van der Waals surface area contributed by atoms with Crippen molar-refractivity contribution in [1.82, 2.24) is 20.0 Å². The third kappa shape index (κ3) is 7.53. The summed E-state index contributed by atoms with van der Waals surface area (Å²) in [5.41, 5.74) is 7.21. The van der Waals surface area contributed by atoms with Gasteiger partial charge in [-0.15, -0.1) is 0 Å². The van der Waals surface area contributed by atoms with Gasteiger partial charge in [-0.2, -0.15) is 0 Å². The Morgan fingerprint density at radius 1 is 1.17 bits per heavy atom. The predicted octanol–water partition coefficient (Wildman–Crippen LogP) is 1.28. The number of aliphatic carboxylic acids is 2. The Labute approximate surface area is 248 Å². The van der Waals surface area contributed by atoms with Gasteiger partial charge in [0.05, 0.1) is 28.4 Å². The average molecular weight is 612 g/mol. The minimum Gasteiger partial charge on any atom is -0.486 e. The third-order valence-electron chi connectivity index (χ3n) is 7.47.